The molecule has 2 atom stereocenters. The first-order valence-corrected chi connectivity index (χ1v) is 11.3. The van der Waals surface area contributed by atoms with Crippen LogP contribution in [0.15, 0.2) is 66.7 Å². The highest BCUT2D eigenvalue weighted by atomic mass is 35.5. The number of benzene rings is 3. The molecule has 2 unspecified atom stereocenters. The van der Waals surface area contributed by atoms with Gasteiger partial charge in [-0.05, 0) is 72.0 Å². The molecule has 0 spiro atoms. The predicted octanol–water partition coefficient (Wildman–Crippen LogP) is 5.57. The van der Waals surface area contributed by atoms with Crippen molar-refractivity contribution in [2.75, 3.05) is 0 Å². The topological polar surface area (TPSA) is 78.8 Å². The number of aliphatic hydroxyl groups excluding tert-OH is 1. The number of aliphatic hydroxyl groups is 1. The summed E-state index contributed by atoms with van der Waals surface area (Å²) in [6.07, 6.45) is -9.88. The van der Waals surface area contributed by atoms with Gasteiger partial charge in [0.05, 0.1) is 6.10 Å². The van der Waals surface area contributed by atoms with Crippen LogP contribution in [-0.4, -0.2) is 23.6 Å². The number of aryl methyl sites for hydroxylation is 1. The van der Waals surface area contributed by atoms with E-state index in [0.717, 1.165) is 24.1 Å². The molecular formula is C26H22ClF4O5-. The first kappa shape index (κ1) is 27.3. The molecule has 3 rings (SSSR count). The normalized spacial score (nSPS) is 13.3. The van der Waals surface area contributed by atoms with E-state index in [2.05, 4.69) is 4.74 Å². The van der Waals surface area contributed by atoms with Crippen molar-refractivity contribution >= 4 is 17.6 Å². The largest absolute Gasteiger partial charge is 0.550 e. The van der Waals surface area contributed by atoms with Gasteiger partial charge in [0.15, 0.2) is 0 Å². The van der Waals surface area contributed by atoms with Gasteiger partial charge in [-0.25, -0.2) is 0 Å². The third kappa shape index (κ3) is 6.89. The number of aliphatic carboxylic acids is 1. The maximum Gasteiger partial charge on any atom is 0.461 e. The number of carbonyl (C=O) groups is 1. The lowest BCUT2D eigenvalue weighted by atomic mass is 9.90. The lowest BCUT2D eigenvalue weighted by molar-refractivity contribution is -0.314. The van der Waals surface area contributed by atoms with Crippen LogP contribution in [0.1, 0.15) is 29.7 Å². The van der Waals surface area contributed by atoms with Gasteiger partial charge in [-0.1, -0.05) is 42.8 Å². The zero-order valence-electron chi connectivity index (χ0n) is 19.0. The number of carboxylic acids is 1. The first-order chi connectivity index (χ1) is 17.0. The second-order valence-corrected chi connectivity index (χ2v) is 8.37. The standard InChI is InChI=1S/C26H23ClF4O5/c1-2-16-14-19(10-11-22(16)27)35-18-8-6-17(7-9-18)23(32)21(24(33)34)13-15-4-3-5-20(12-15)36-26(30,31)25(28)29/h3-12,14,21,23,25,32H,2,13H2,1H3,(H,33,34)/p-1. The van der Waals surface area contributed by atoms with Crippen LogP contribution in [0, 0.1) is 5.92 Å². The maximum absolute atomic E-state index is 13.2. The number of rotatable bonds is 11. The predicted molar refractivity (Wildman–Crippen MR) is 123 cm³/mol. The average Bonchev–Trinajstić information content (AvgIpc) is 2.83. The molecule has 0 aliphatic heterocycles. The minimum absolute atomic E-state index is 0.167. The summed E-state index contributed by atoms with van der Waals surface area (Å²) in [6.45, 7) is 1.96. The van der Waals surface area contributed by atoms with E-state index in [-0.39, 0.29) is 17.5 Å². The van der Waals surface area contributed by atoms with E-state index in [1.54, 1.807) is 30.3 Å². The molecule has 10 heteroatoms. The van der Waals surface area contributed by atoms with Crippen LogP contribution in [0.4, 0.5) is 17.6 Å². The number of hydrogen-bond acceptors (Lipinski definition) is 5. The van der Waals surface area contributed by atoms with E-state index in [4.69, 9.17) is 16.3 Å². The second-order valence-electron chi connectivity index (χ2n) is 7.96. The minimum atomic E-state index is -4.71. The number of hydrogen-bond donors (Lipinski definition) is 1. The van der Waals surface area contributed by atoms with Gasteiger partial charge in [-0.3, -0.25) is 0 Å². The van der Waals surface area contributed by atoms with Crippen LogP contribution in [0.2, 0.25) is 5.02 Å². The molecule has 0 radical (unpaired) electrons. The fourth-order valence-electron chi connectivity index (χ4n) is 3.50. The second kappa shape index (κ2) is 11.6. The van der Waals surface area contributed by atoms with Gasteiger partial charge in [0, 0.05) is 16.9 Å². The fraction of sp³-hybridized carbons (Fsp3) is 0.269. The van der Waals surface area contributed by atoms with Gasteiger partial charge >= 0.3 is 12.5 Å². The summed E-state index contributed by atoms with van der Waals surface area (Å²) in [4.78, 5) is 11.8. The third-order valence-electron chi connectivity index (χ3n) is 5.40. The number of alkyl halides is 4. The Balaban J connectivity index is 1.73. The molecule has 3 aromatic carbocycles. The Labute approximate surface area is 209 Å². The van der Waals surface area contributed by atoms with Crippen molar-refractivity contribution < 1.29 is 42.0 Å². The minimum Gasteiger partial charge on any atom is -0.550 e. The number of carbonyl (C=O) groups excluding carboxylic acids is 1. The molecule has 0 heterocycles. The average molecular weight is 526 g/mol. The van der Waals surface area contributed by atoms with E-state index in [1.165, 1.54) is 24.3 Å². The Morgan fingerprint density at radius 2 is 1.69 bits per heavy atom. The summed E-state index contributed by atoms with van der Waals surface area (Å²) >= 11 is 6.11. The highest BCUT2D eigenvalue weighted by Gasteiger charge is 2.44. The summed E-state index contributed by atoms with van der Waals surface area (Å²) in [5, 5.41) is 23.1. The third-order valence-corrected chi connectivity index (χ3v) is 5.77. The van der Waals surface area contributed by atoms with Crippen molar-refractivity contribution in [1.82, 2.24) is 0 Å². The van der Waals surface area contributed by atoms with Crippen LogP contribution in [0.5, 0.6) is 17.2 Å². The molecule has 0 aromatic heterocycles. The molecule has 0 aliphatic rings. The SMILES string of the molecule is CCc1cc(Oc2ccc(C(O)C(Cc3cccc(OC(F)(F)C(F)F)c3)C(=O)[O-])cc2)ccc1Cl. The molecule has 0 bridgehead atoms. The highest BCUT2D eigenvalue weighted by Crippen LogP contribution is 2.32. The molecule has 192 valence electrons. The van der Waals surface area contributed by atoms with Crippen LogP contribution in [0.25, 0.3) is 0 Å². The Morgan fingerprint density at radius 1 is 1.03 bits per heavy atom. The van der Waals surface area contributed by atoms with Crippen molar-refractivity contribution in [3.63, 3.8) is 0 Å². The fourth-order valence-corrected chi connectivity index (χ4v) is 3.75. The monoisotopic (exact) mass is 525 g/mol. The molecule has 5 nitrogen and oxygen atoms in total. The zero-order chi connectivity index (χ0) is 26.5. The van der Waals surface area contributed by atoms with Crippen molar-refractivity contribution in [2.45, 2.75) is 38.4 Å². The Bertz CT molecular complexity index is 1190. The van der Waals surface area contributed by atoms with Crippen LogP contribution in [-0.2, 0) is 17.6 Å². The van der Waals surface area contributed by atoms with Crippen LogP contribution >= 0.6 is 11.6 Å². The van der Waals surface area contributed by atoms with Gasteiger partial charge in [0.25, 0.3) is 0 Å². The first-order valence-electron chi connectivity index (χ1n) is 10.9. The maximum atomic E-state index is 13.2. The quantitative estimate of drug-likeness (QED) is 0.331. The number of halogens is 5. The van der Waals surface area contributed by atoms with Crippen LogP contribution in [0.3, 0.4) is 0 Å². The summed E-state index contributed by atoms with van der Waals surface area (Å²) in [5.41, 5.74) is 1.32. The molecule has 0 saturated heterocycles. The molecule has 36 heavy (non-hydrogen) atoms. The van der Waals surface area contributed by atoms with Gasteiger partial charge in [0.2, 0.25) is 0 Å². The molecule has 0 aliphatic carbocycles. The lowest BCUT2D eigenvalue weighted by Crippen LogP contribution is -2.36. The molecule has 0 fully saturated rings. The van der Waals surface area contributed by atoms with E-state index in [1.807, 2.05) is 6.92 Å². The highest BCUT2D eigenvalue weighted by molar-refractivity contribution is 6.31. The molecule has 0 amide bonds. The van der Waals surface area contributed by atoms with Crippen molar-refractivity contribution in [1.29, 1.82) is 0 Å². The van der Waals surface area contributed by atoms with Gasteiger partial charge in [-0.2, -0.15) is 17.6 Å². The smallest absolute Gasteiger partial charge is 0.461 e. The summed E-state index contributed by atoms with van der Waals surface area (Å²) < 4.78 is 61.0. The molecular weight excluding hydrogens is 504 g/mol. The van der Waals surface area contributed by atoms with Crippen molar-refractivity contribution in [3.05, 3.63) is 88.4 Å². The number of ether oxygens (including phenoxy) is 2. The zero-order valence-corrected chi connectivity index (χ0v) is 19.7. The van der Waals surface area contributed by atoms with E-state index in [0.29, 0.717) is 16.5 Å². The van der Waals surface area contributed by atoms with Gasteiger partial charge < -0.3 is 24.5 Å². The lowest BCUT2D eigenvalue weighted by Gasteiger charge is -2.25. The Hall–Kier alpha value is -3.30. The summed E-state index contributed by atoms with van der Waals surface area (Å²) in [7, 11) is 0. The number of carboxylic acid groups (broad SMARTS) is 1. The van der Waals surface area contributed by atoms with Crippen molar-refractivity contribution in [3.8, 4) is 17.2 Å². The summed E-state index contributed by atoms with van der Waals surface area (Å²) in [6, 6.07) is 16.0. The van der Waals surface area contributed by atoms with Gasteiger partial charge in [-0.15, -0.1) is 0 Å². The van der Waals surface area contributed by atoms with E-state index >= 15 is 0 Å². The van der Waals surface area contributed by atoms with Crippen LogP contribution < -0.4 is 14.6 Å². The summed E-state index contributed by atoms with van der Waals surface area (Å²) in [5.74, 6) is -2.63. The Morgan fingerprint density at radius 3 is 2.31 bits per heavy atom. The Kier molecular flexibility index (Phi) is 8.81. The van der Waals surface area contributed by atoms with E-state index in [9.17, 15) is 32.6 Å². The molecule has 1 N–H and O–H groups in total. The van der Waals surface area contributed by atoms with Crippen molar-refractivity contribution in [2.24, 2.45) is 5.92 Å². The van der Waals surface area contributed by atoms with E-state index < -0.39 is 36.3 Å². The van der Waals surface area contributed by atoms with Gasteiger partial charge in [0.1, 0.15) is 17.2 Å². The molecule has 0 saturated carbocycles. The molecule has 3 aromatic rings.